The van der Waals surface area contributed by atoms with Gasteiger partial charge < -0.3 is 9.84 Å². The first-order chi connectivity index (χ1) is 10.8. The molecular weight excluding hydrogens is 318 g/mol. The zero-order valence-corrected chi connectivity index (χ0v) is 12.0. The molecule has 8 heteroatoms. The maximum Gasteiger partial charge on any atom is 0.343 e. The molecule has 1 aromatic rings. The van der Waals surface area contributed by atoms with Crippen molar-refractivity contribution in [2.24, 2.45) is 4.99 Å². The highest BCUT2D eigenvalue weighted by atomic mass is 19.2. The minimum atomic E-state index is -1.44. The van der Waals surface area contributed by atoms with Crippen LogP contribution < -0.4 is 0 Å². The van der Waals surface area contributed by atoms with E-state index in [1.807, 2.05) is 0 Å². The summed E-state index contributed by atoms with van der Waals surface area (Å²) in [6.07, 6.45) is -0.123. The van der Waals surface area contributed by atoms with Gasteiger partial charge >= 0.3 is 5.97 Å². The van der Waals surface area contributed by atoms with E-state index in [0.717, 1.165) is 6.21 Å². The van der Waals surface area contributed by atoms with Crippen molar-refractivity contribution in [2.75, 3.05) is 6.61 Å². The fourth-order valence-corrected chi connectivity index (χ4v) is 1.75. The highest BCUT2D eigenvalue weighted by Gasteiger charge is 2.37. The number of aliphatic imine (C=N–C) groups is 1. The average molecular weight is 331 g/mol. The molecule has 124 valence electrons. The van der Waals surface area contributed by atoms with Crippen LogP contribution in [0.15, 0.2) is 22.7 Å². The highest BCUT2D eigenvalue weighted by Crippen LogP contribution is 2.29. The SMILES string of the molecule is CCOC(=O)C(C=N[C@@H]1C[C@H]1F)=C(O)c1cc(F)c(F)cc1F. The number of ether oxygens (including phenoxy) is 1. The van der Waals surface area contributed by atoms with Gasteiger partial charge in [0.25, 0.3) is 0 Å². The van der Waals surface area contributed by atoms with Gasteiger partial charge in [0, 0.05) is 18.7 Å². The first kappa shape index (κ1) is 17.0. The molecular formula is C15H13F4NO3. The Bertz CT molecular complexity index is 688. The highest BCUT2D eigenvalue weighted by molar-refractivity contribution is 6.15. The summed E-state index contributed by atoms with van der Waals surface area (Å²) >= 11 is 0. The predicted molar refractivity (Wildman–Crippen MR) is 74.3 cm³/mol. The third-order valence-corrected chi connectivity index (χ3v) is 3.09. The monoisotopic (exact) mass is 331 g/mol. The second-order valence-electron chi connectivity index (χ2n) is 4.83. The van der Waals surface area contributed by atoms with Crippen LogP contribution >= 0.6 is 0 Å². The number of aliphatic hydroxyl groups is 1. The molecule has 1 fully saturated rings. The number of hydrogen-bond donors (Lipinski definition) is 1. The summed E-state index contributed by atoms with van der Waals surface area (Å²) in [7, 11) is 0. The number of carbonyl (C=O) groups is 1. The number of alkyl halides is 1. The average Bonchev–Trinajstić information content (AvgIpc) is 3.19. The number of hydrogen-bond acceptors (Lipinski definition) is 4. The first-order valence-corrected chi connectivity index (χ1v) is 6.77. The van der Waals surface area contributed by atoms with Crippen molar-refractivity contribution in [1.29, 1.82) is 0 Å². The minimum absolute atomic E-state index is 0.0428. The van der Waals surface area contributed by atoms with Gasteiger partial charge in [-0.05, 0) is 13.0 Å². The lowest BCUT2D eigenvalue weighted by molar-refractivity contribution is -0.137. The molecule has 0 bridgehead atoms. The number of rotatable bonds is 5. The van der Waals surface area contributed by atoms with E-state index in [9.17, 15) is 27.5 Å². The largest absolute Gasteiger partial charge is 0.506 e. The van der Waals surface area contributed by atoms with Crippen LogP contribution in [-0.4, -0.2) is 36.1 Å². The third kappa shape index (κ3) is 3.88. The molecule has 23 heavy (non-hydrogen) atoms. The normalized spacial score (nSPS) is 21.3. The fourth-order valence-electron chi connectivity index (χ4n) is 1.75. The van der Waals surface area contributed by atoms with E-state index in [-0.39, 0.29) is 19.1 Å². The van der Waals surface area contributed by atoms with E-state index < -0.39 is 52.5 Å². The van der Waals surface area contributed by atoms with Crippen molar-refractivity contribution in [1.82, 2.24) is 0 Å². The zero-order chi connectivity index (χ0) is 17.1. The summed E-state index contributed by atoms with van der Waals surface area (Å²) in [4.78, 5) is 15.5. The Morgan fingerprint density at radius 1 is 1.35 bits per heavy atom. The van der Waals surface area contributed by atoms with Gasteiger partial charge in [-0.1, -0.05) is 0 Å². The third-order valence-electron chi connectivity index (χ3n) is 3.09. The molecule has 0 unspecified atom stereocenters. The summed E-state index contributed by atoms with van der Waals surface area (Å²) in [5.41, 5.74) is -1.30. The van der Waals surface area contributed by atoms with Crippen molar-refractivity contribution in [3.8, 4) is 0 Å². The second kappa shape index (κ2) is 6.80. The maximum atomic E-state index is 13.7. The number of aliphatic hydroxyl groups excluding tert-OH is 1. The molecule has 2 rings (SSSR count). The van der Waals surface area contributed by atoms with Crippen molar-refractivity contribution >= 4 is 17.9 Å². The Kier molecular flexibility index (Phi) is 5.02. The van der Waals surface area contributed by atoms with Crippen LogP contribution in [0.5, 0.6) is 0 Å². The van der Waals surface area contributed by atoms with E-state index in [4.69, 9.17) is 0 Å². The lowest BCUT2D eigenvalue weighted by Gasteiger charge is -2.08. The van der Waals surface area contributed by atoms with Crippen LogP contribution in [0.3, 0.4) is 0 Å². The molecule has 0 radical (unpaired) electrons. The van der Waals surface area contributed by atoms with Crippen molar-refractivity contribution in [2.45, 2.75) is 25.6 Å². The number of carbonyl (C=O) groups excluding carboxylic acids is 1. The summed E-state index contributed by atoms with van der Waals surface area (Å²) in [6.45, 7) is 1.46. The van der Waals surface area contributed by atoms with Crippen LogP contribution in [0.4, 0.5) is 17.6 Å². The summed E-state index contributed by atoms with van der Waals surface area (Å²) in [5.74, 6) is -6.14. The van der Waals surface area contributed by atoms with Crippen molar-refractivity contribution in [3.05, 3.63) is 40.7 Å². The lowest BCUT2D eigenvalue weighted by atomic mass is 10.1. The van der Waals surface area contributed by atoms with Gasteiger partial charge in [0.15, 0.2) is 11.6 Å². The van der Waals surface area contributed by atoms with E-state index >= 15 is 0 Å². The van der Waals surface area contributed by atoms with Gasteiger partial charge in [-0.2, -0.15) is 0 Å². The van der Waals surface area contributed by atoms with Crippen LogP contribution in [0.1, 0.15) is 18.9 Å². The second-order valence-corrected chi connectivity index (χ2v) is 4.83. The van der Waals surface area contributed by atoms with Gasteiger partial charge in [0.2, 0.25) is 0 Å². The Hall–Kier alpha value is -2.38. The molecule has 0 aromatic heterocycles. The number of halogens is 4. The van der Waals surface area contributed by atoms with Crippen LogP contribution in [0.2, 0.25) is 0 Å². The van der Waals surface area contributed by atoms with E-state index in [2.05, 4.69) is 9.73 Å². The molecule has 1 aromatic carbocycles. The fraction of sp³-hybridized carbons (Fsp3) is 0.333. The van der Waals surface area contributed by atoms with Crippen molar-refractivity contribution < 1.29 is 32.2 Å². The lowest BCUT2D eigenvalue weighted by Crippen LogP contribution is -2.12. The Morgan fingerprint density at radius 3 is 2.52 bits per heavy atom. The van der Waals surface area contributed by atoms with E-state index in [0.29, 0.717) is 6.07 Å². The molecule has 0 amide bonds. The summed E-state index contributed by atoms with van der Waals surface area (Å²) < 4.78 is 57.4. The van der Waals surface area contributed by atoms with Gasteiger partial charge in [0.1, 0.15) is 23.3 Å². The van der Waals surface area contributed by atoms with Crippen LogP contribution in [-0.2, 0) is 9.53 Å². The number of nitrogens with zero attached hydrogens (tertiary/aromatic N) is 1. The predicted octanol–water partition coefficient (Wildman–Crippen LogP) is 3.12. The molecule has 1 saturated carbocycles. The quantitative estimate of drug-likeness (QED) is 0.225. The molecule has 1 aliphatic carbocycles. The number of esters is 1. The summed E-state index contributed by atoms with van der Waals surface area (Å²) in [6, 6.07) is -0.0106. The molecule has 4 nitrogen and oxygen atoms in total. The topological polar surface area (TPSA) is 58.9 Å². The Morgan fingerprint density at radius 2 is 1.96 bits per heavy atom. The van der Waals surface area contributed by atoms with Gasteiger partial charge in [-0.3, -0.25) is 4.99 Å². The van der Waals surface area contributed by atoms with Gasteiger partial charge in [0.05, 0.1) is 18.2 Å². The van der Waals surface area contributed by atoms with Gasteiger partial charge in [-0.25, -0.2) is 22.4 Å². The molecule has 0 heterocycles. The molecule has 1 N–H and O–H groups in total. The van der Waals surface area contributed by atoms with E-state index in [1.165, 1.54) is 6.92 Å². The molecule has 1 aliphatic rings. The van der Waals surface area contributed by atoms with Crippen molar-refractivity contribution in [3.63, 3.8) is 0 Å². The van der Waals surface area contributed by atoms with E-state index in [1.54, 1.807) is 0 Å². The Labute approximate surface area is 129 Å². The van der Waals surface area contributed by atoms with Crippen LogP contribution in [0, 0.1) is 17.5 Å². The van der Waals surface area contributed by atoms with Gasteiger partial charge in [-0.15, -0.1) is 0 Å². The zero-order valence-electron chi connectivity index (χ0n) is 12.0. The molecule has 2 atom stereocenters. The molecule has 0 aliphatic heterocycles. The minimum Gasteiger partial charge on any atom is -0.506 e. The molecule has 0 spiro atoms. The van der Waals surface area contributed by atoms with Crippen LogP contribution in [0.25, 0.3) is 5.76 Å². The molecule has 0 saturated heterocycles. The number of benzene rings is 1. The Balaban J connectivity index is 2.45. The smallest absolute Gasteiger partial charge is 0.343 e. The first-order valence-electron chi connectivity index (χ1n) is 6.77. The standard InChI is InChI=1S/C15H13F4NO3/c1-2-23-15(22)8(6-20-13-5-12(13)19)14(21)7-3-10(17)11(18)4-9(7)16/h3-4,6,12-13,21H,2,5H2,1H3/t12-,13-/m1/s1. The summed E-state index contributed by atoms with van der Waals surface area (Å²) in [5, 5.41) is 10.0. The maximum absolute atomic E-state index is 13.7.